The van der Waals surface area contributed by atoms with Crippen molar-refractivity contribution in [3.63, 3.8) is 0 Å². The highest BCUT2D eigenvalue weighted by atomic mass is 32.2. The minimum Gasteiger partial charge on any atom is -0.324 e. The van der Waals surface area contributed by atoms with Gasteiger partial charge in [-0.3, -0.25) is 10.8 Å². The molecule has 0 amide bonds. The predicted octanol–water partition coefficient (Wildman–Crippen LogP) is 0.888. The molecule has 0 fully saturated rings. The maximum Gasteiger partial charge on any atom is 0.240 e. The van der Waals surface area contributed by atoms with Crippen LogP contribution in [0.25, 0.3) is 0 Å². The van der Waals surface area contributed by atoms with Gasteiger partial charge in [0.25, 0.3) is 0 Å². The summed E-state index contributed by atoms with van der Waals surface area (Å²) in [4.78, 5) is 4.19. The maximum atomic E-state index is 12.0. The van der Waals surface area contributed by atoms with E-state index < -0.39 is 10.0 Å². The van der Waals surface area contributed by atoms with Gasteiger partial charge in [0.05, 0.1) is 4.90 Å². The number of anilines is 1. The number of aromatic nitrogens is 1. The van der Waals surface area contributed by atoms with Crippen LogP contribution < -0.4 is 16.0 Å². The average Bonchev–Trinajstić information content (AvgIpc) is 2.48. The highest BCUT2D eigenvalue weighted by molar-refractivity contribution is 7.89. The van der Waals surface area contributed by atoms with E-state index in [0.29, 0.717) is 18.7 Å². The quantitative estimate of drug-likeness (QED) is 0.542. The lowest BCUT2D eigenvalue weighted by Gasteiger charge is -2.07. The lowest BCUT2D eigenvalue weighted by Crippen LogP contribution is -2.26. The average molecular weight is 292 g/mol. The first-order valence-corrected chi connectivity index (χ1v) is 7.55. The molecule has 1 aromatic carbocycles. The predicted molar refractivity (Wildman–Crippen MR) is 77.4 cm³/mol. The van der Waals surface area contributed by atoms with Crippen molar-refractivity contribution < 1.29 is 8.42 Å². The smallest absolute Gasteiger partial charge is 0.240 e. The van der Waals surface area contributed by atoms with Crippen molar-refractivity contribution in [2.45, 2.75) is 11.3 Å². The molecular formula is C13H16N4O2S. The van der Waals surface area contributed by atoms with Crippen molar-refractivity contribution >= 4 is 15.7 Å². The molecule has 106 valence electrons. The molecule has 0 bridgehead atoms. The zero-order valence-electron chi connectivity index (χ0n) is 10.8. The second-order valence-corrected chi connectivity index (χ2v) is 5.94. The SMILES string of the molecule is NNc1ccc(S(=O)(=O)NCCc2cccnc2)cc1. The molecule has 7 heteroatoms. The number of rotatable bonds is 6. The number of pyridine rings is 1. The molecule has 0 spiro atoms. The van der Waals surface area contributed by atoms with Crippen LogP contribution in [0.4, 0.5) is 5.69 Å². The standard InChI is InChI=1S/C13H16N4O2S/c14-17-12-3-5-13(6-4-12)20(18,19)16-9-7-11-2-1-8-15-10-11/h1-6,8,10,16-17H,7,9,14H2. The number of benzene rings is 1. The van der Waals surface area contributed by atoms with Gasteiger partial charge in [-0.25, -0.2) is 13.1 Å². The van der Waals surface area contributed by atoms with Gasteiger partial charge in [-0.05, 0) is 42.3 Å². The third-order valence-electron chi connectivity index (χ3n) is 2.76. The molecule has 0 atom stereocenters. The Morgan fingerprint density at radius 1 is 1.15 bits per heavy atom. The Hall–Kier alpha value is -1.96. The summed E-state index contributed by atoms with van der Waals surface area (Å²) in [6.45, 7) is 0.324. The van der Waals surface area contributed by atoms with Crippen molar-refractivity contribution in [2.24, 2.45) is 5.84 Å². The monoisotopic (exact) mass is 292 g/mol. The van der Waals surface area contributed by atoms with E-state index in [1.807, 2.05) is 12.1 Å². The molecule has 6 nitrogen and oxygen atoms in total. The number of nitrogen functional groups attached to an aromatic ring is 1. The van der Waals surface area contributed by atoms with Crippen LogP contribution in [-0.2, 0) is 16.4 Å². The third-order valence-corrected chi connectivity index (χ3v) is 4.24. The van der Waals surface area contributed by atoms with Gasteiger partial charge in [0.2, 0.25) is 10.0 Å². The zero-order valence-corrected chi connectivity index (χ0v) is 11.6. The van der Waals surface area contributed by atoms with Crippen LogP contribution >= 0.6 is 0 Å². The fourth-order valence-corrected chi connectivity index (χ4v) is 2.72. The summed E-state index contributed by atoms with van der Waals surface area (Å²) in [6.07, 6.45) is 3.99. The van der Waals surface area contributed by atoms with Crippen molar-refractivity contribution in [3.05, 3.63) is 54.4 Å². The summed E-state index contributed by atoms with van der Waals surface area (Å²) in [7, 11) is -3.49. The van der Waals surface area contributed by atoms with Gasteiger partial charge < -0.3 is 5.43 Å². The molecule has 0 unspecified atom stereocenters. The molecule has 0 saturated heterocycles. The van der Waals surface area contributed by atoms with Crippen molar-refractivity contribution in [1.82, 2.24) is 9.71 Å². The Bertz CT molecular complexity index is 642. The minimum absolute atomic E-state index is 0.211. The fourth-order valence-electron chi connectivity index (χ4n) is 1.69. The second kappa shape index (κ2) is 6.47. The van der Waals surface area contributed by atoms with Gasteiger partial charge in [-0.2, -0.15) is 0 Å². The summed E-state index contributed by atoms with van der Waals surface area (Å²) >= 11 is 0. The van der Waals surface area contributed by atoms with E-state index in [2.05, 4.69) is 15.1 Å². The largest absolute Gasteiger partial charge is 0.324 e. The fraction of sp³-hybridized carbons (Fsp3) is 0.154. The molecule has 0 aliphatic rings. The third kappa shape index (κ3) is 3.77. The van der Waals surface area contributed by atoms with E-state index >= 15 is 0 Å². The van der Waals surface area contributed by atoms with E-state index in [-0.39, 0.29) is 4.90 Å². The van der Waals surface area contributed by atoms with E-state index in [1.54, 1.807) is 24.5 Å². The van der Waals surface area contributed by atoms with Crippen LogP contribution in [0.3, 0.4) is 0 Å². The number of nitrogens with one attached hydrogen (secondary N) is 2. The van der Waals surface area contributed by atoms with E-state index in [4.69, 9.17) is 5.84 Å². The number of hydrazine groups is 1. The van der Waals surface area contributed by atoms with Crippen molar-refractivity contribution in [3.8, 4) is 0 Å². The topological polar surface area (TPSA) is 97.1 Å². The van der Waals surface area contributed by atoms with Crippen molar-refractivity contribution in [2.75, 3.05) is 12.0 Å². The first-order valence-electron chi connectivity index (χ1n) is 6.07. The number of hydrogen-bond acceptors (Lipinski definition) is 5. The van der Waals surface area contributed by atoms with Crippen LogP contribution in [0.1, 0.15) is 5.56 Å². The Labute approximate surface area is 118 Å². The van der Waals surface area contributed by atoms with E-state index in [0.717, 1.165) is 5.56 Å². The zero-order chi connectivity index (χ0) is 14.4. The van der Waals surface area contributed by atoms with Gasteiger partial charge in [-0.15, -0.1) is 0 Å². The Balaban J connectivity index is 1.96. The Morgan fingerprint density at radius 2 is 1.90 bits per heavy atom. The number of sulfonamides is 1. The highest BCUT2D eigenvalue weighted by Gasteiger charge is 2.12. The number of nitrogens with two attached hydrogens (primary N) is 1. The molecule has 1 aromatic heterocycles. The summed E-state index contributed by atoms with van der Waals surface area (Å²) < 4.78 is 26.6. The molecule has 1 heterocycles. The van der Waals surface area contributed by atoms with Crippen LogP contribution in [-0.4, -0.2) is 19.9 Å². The maximum absolute atomic E-state index is 12.0. The molecular weight excluding hydrogens is 276 g/mol. The molecule has 2 aromatic rings. The molecule has 0 saturated carbocycles. The van der Waals surface area contributed by atoms with Gasteiger partial charge >= 0.3 is 0 Å². The molecule has 0 aliphatic carbocycles. The first kappa shape index (κ1) is 14.4. The summed E-state index contributed by atoms with van der Waals surface area (Å²) in [5.74, 6) is 5.23. The van der Waals surface area contributed by atoms with Crippen LogP contribution in [0.5, 0.6) is 0 Å². The Morgan fingerprint density at radius 3 is 2.50 bits per heavy atom. The van der Waals surface area contributed by atoms with Crippen LogP contribution in [0, 0.1) is 0 Å². The van der Waals surface area contributed by atoms with E-state index in [1.165, 1.54) is 12.1 Å². The van der Waals surface area contributed by atoms with Gasteiger partial charge in [0.15, 0.2) is 0 Å². The summed E-state index contributed by atoms with van der Waals surface area (Å²) in [5.41, 5.74) is 4.08. The minimum atomic E-state index is -3.49. The molecule has 0 aliphatic heterocycles. The van der Waals surface area contributed by atoms with Gasteiger partial charge in [-0.1, -0.05) is 6.07 Å². The molecule has 0 radical (unpaired) electrons. The summed E-state index contributed by atoms with van der Waals surface area (Å²) in [6, 6.07) is 9.94. The molecule has 2 rings (SSSR count). The second-order valence-electron chi connectivity index (χ2n) is 4.18. The normalized spacial score (nSPS) is 11.2. The van der Waals surface area contributed by atoms with Crippen LogP contribution in [0.15, 0.2) is 53.7 Å². The summed E-state index contributed by atoms with van der Waals surface area (Å²) in [5, 5.41) is 0. The highest BCUT2D eigenvalue weighted by Crippen LogP contribution is 2.12. The first-order chi connectivity index (χ1) is 9.62. The van der Waals surface area contributed by atoms with Crippen LogP contribution in [0.2, 0.25) is 0 Å². The number of nitrogens with zero attached hydrogens (tertiary/aromatic N) is 1. The lowest BCUT2D eigenvalue weighted by molar-refractivity contribution is 0.581. The Kier molecular flexibility index (Phi) is 4.67. The molecule has 20 heavy (non-hydrogen) atoms. The molecule has 4 N–H and O–H groups in total. The van der Waals surface area contributed by atoms with Gasteiger partial charge in [0.1, 0.15) is 0 Å². The lowest BCUT2D eigenvalue weighted by atomic mass is 10.2. The number of hydrogen-bond donors (Lipinski definition) is 3. The van der Waals surface area contributed by atoms with Crippen molar-refractivity contribution in [1.29, 1.82) is 0 Å². The van der Waals surface area contributed by atoms with E-state index in [9.17, 15) is 8.42 Å². The van der Waals surface area contributed by atoms with Gasteiger partial charge in [0, 0.05) is 24.6 Å².